The molecule has 0 atom stereocenters. The van der Waals surface area contributed by atoms with Crippen LogP contribution >= 0.6 is 12.4 Å². The van der Waals surface area contributed by atoms with Crippen LogP contribution in [0.15, 0.2) is 28.8 Å². The predicted molar refractivity (Wildman–Crippen MR) is 95.2 cm³/mol. The van der Waals surface area contributed by atoms with Crippen LogP contribution in [-0.2, 0) is 4.79 Å². The summed E-state index contributed by atoms with van der Waals surface area (Å²) in [7, 11) is 0. The molecule has 2 aromatic rings. The molecule has 0 unspecified atom stereocenters. The largest absolute Gasteiger partial charge is 0.339 e. The van der Waals surface area contributed by atoms with Gasteiger partial charge in [-0.2, -0.15) is 4.98 Å². The molecule has 1 aliphatic heterocycles. The lowest BCUT2D eigenvalue weighted by Gasteiger charge is -2.22. The van der Waals surface area contributed by atoms with E-state index >= 15 is 0 Å². The summed E-state index contributed by atoms with van der Waals surface area (Å²) in [6.07, 6.45) is 3.85. The van der Waals surface area contributed by atoms with Crippen molar-refractivity contribution in [3.05, 3.63) is 30.2 Å². The topological polar surface area (TPSA) is 80.0 Å². The van der Waals surface area contributed by atoms with Crippen LogP contribution in [-0.4, -0.2) is 29.1 Å². The summed E-state index contributed by atoms with van der Waals surface area (Å²) in [5.74, 6) is 1.78. The third kappa shape index (κ3) is 5.04. The Morgan fingerprint density at radius 1 is 1.38 bits per heavy atom. The van der Waals surface area contributed by atoms with Gasteiger partial charge in [-0.25, -0.2) is 0 Å². The molecule has 0 spiro atoms. The van der Waals surface area contributed by atoms with Gasteiger partial charge in [-0.3, -0.25) is 4.79 Å². The first-order chi connectivity index (χ1) is 11.2. The maximum atomic E-state index is 12.1. The lowest BCUT2D eigenvalue weighted by Crippen LogP contribution is -2.28. The number of piperidine rings is 1. The van der Waals surface area contributed by atoms with Gasteiger partial charge in [0, 0.05) is 24.6 Å². The Labute approximate surface area is 147 Å². The van der Waals surface area contributed by atoms with E-state index in [0.717, 1.165) is 30.8 Å². The second-order valence-electron chi connectivity index (χ2n) is 6.00. The maximum Gasteiger partial charge on any atom is 0.224 e. The van der Waals surface area contributed by atoms with E-state index in [9.17, 15) is 4.79 Å². The summed E-state index contributed by atoms with van der Waals surface area (Å²) >= 11 is 0. The number of aryl methyl sites for hydroxylation is 1. The fourth-order valence-corrected chi connectivity index (χ4v) is 2.88. The lowest BCUT2D eigenvalue weighted by atomic mass is 9.93. The minimum absolute atomic E-state index is 0. The summed E-state index contributed by atoms with van der Waals surface area (Å²) in [6.45, 7) is 3.89. The fourth-order valence-electron chi connectivity index (χ4n) is 2.88. The molecule has 2 heterocycles. The molecule has 1 aliphatic rings. The van der Waals surface area contributed by atoms with E-state index in [1.807, 2.05) is 24.3 Å². The highest BCUT2D eigenvalue weighted by Gasteiger charge is 2.14. The smallest absolute Gasteiger partial charge is 0.224 e. The van der Waals surface area contributed by atoms with Gasteiger partial charge in [0.15, 0.2) is 0 Å². The molecule has 0 bridgehead atoms. The molecule has 7 heteroatoms. The molecule has 2 N–H and O–H groups in total. The van der Waals surface area contributed by atoms with Crippen LogP contribution in [0.25, 0.3) is 11.4 Å². The van der Waals surface area contributed by atoms with E-state index in [0.29, 0.717) is 24.1 Å². The lowest BCUT2D eigenvalue weighted by molar-refractivity contribution is -0.116. The van der Waals surface area contributed by atoms with Crippen molar-refractivity contribution < 1.29 is 9.32 Å². The third-order valence-corrected chi connectivity index (χ3v) is 4.17. The van der Waals surface area contributed by atoms with Crippen molar-refractivity contribution in [1.82, 2.24) is 15.5 Å². The Bertz CT molecular complexity index is 668. The molecule has 3 rings (SSSR count). The highest BCUT2D eigenvalue weighted by atomic mass is 35.5. The first-order valence-corrected chi connectivity index (χ1v) is 8.12. The van der Waals surface area contributed by atoms with Gasteiger partial charge in [-0.15, -0.1) is 12.4 Å². The van der Waals surface area contributed by atoms with E-state index < -0.39 is 0 Å². The van der Waals surface area contributed by atoms with Gasteiger partial charge >= 0.3 is 0 Å². The standard InChI is InChI=1S/C17H22N4O2.ClH/c1-12-19-17(21-23-12)14-3-2-4-15(11-14)20-16(22)6-5-13-7-9-18-10-8-13;/h2-4,11,13,18H,5-10H2,1H3,(H,20,22);1H. The normalized spacial score (nSPS) is 14.9. The van der Waals surface area contributed by atoms with Gasteiger partial charge in [-0.1, -0.05) is 17.3 Å². The van der Waals surface area contributed by atoms with Crippen molar-refractivity contribution in [2.75, 3.05) is 18.4 Å². The molecular formula is C17H23ClN4O2. The summed E-state index contributed by atoms with van der Waals surface area (Å²) in [5.41, 5.74) is 1.60. The zero-order chi connectivity index (χ0) is 16.1. The number of hydrogen-bond donors (Lipinski definition) is 2. The van der Waals surface area contributed by atoms with Crippen LogP contribution in [0.3, 0.4) is 0 Å². The highest BCUT2D eigenvalue weighted by Crippen LogP contribution is 2.21. The Morgan fingerprint density at radius 3 is 2.88 bits per heavy atom. The molecule has 1 saturated heterocycles. The SMILES string of the molecule is Cc1nc(-c2cccc(NC(=O)CCC3CCNCC3)c2)no1.Cl. The van der Waals surface area contributed by atoms with E-state index in [1.165, 1.54) is 12.8 Å². The summed E-state index contributed by atoms with van der Waals surface area (Å²) in [4.78, 5) is 16.3. The Balaban J connectivity index is 0.00000208. The molecule has 1 fully saturated rings. The van der Waals surface area contributed by atoms with Gasteiger partial charge in [-0.05, 0) is 50.4 Å². The van der Waals surface area contributed by atoms with E-state index in [-0.39, 0.29) is 18.3 Å². The summed E-state index contributed by atoms with van der Waals surface area (Å²) in [6, 6.07) is 7.52. The number of aromatic nitrogens is 2. The van der Waals surface area contributed by atoms with Crippen molar-refractivity contribution in [3.8, 4) is 11.4 Å². The van der Waals surface area contributed by atoms with Crippen molar-refractivity contribution >= 4 is 24.0 Å². The zero-order valence-corrected chi connectivity index (χ0v) is 14.6. The van der Waals surface area contributed by atoms with E-state index in [1.54, 1.807) is 6.92 Å². The first-order valence-electron chi connectivity index (χ1n) is 8.12. The number of nitrogens with zero attached hydrogens (tertiary/aromatic N) is 2. The van der Waals surface area contributed by atoms with Crippen LogP contribution < -0.4 is 10.6 Å². The van der Waals surface area contributed by atoms with Gasteiger partial charge in [0.2, 0.25) is 17.6 Å². The fraction of sp³-hybridized carbons (Fsp3) is 0.471. The Kier molecular flexibility index (Phi) is 6.75. The van der Waals surface area contributed by atoms with Crippen LogP contribution in [0.4, 0.5) is 5.69 Å². The number of halogens is 1. The average Bonchev–Trinajstić information content (AvgIpc) is 3.01. The highest BCUT2D eigenvalue weighted by molar-refractivity contribution is 5.91. The number of rotatable bonds is 5. The zero-order valence-electron chi connectivity index (χ0n) is 13.7. The molecule has 1 aromatic heterocycles. The van der Waals surface area contributed by atoms with E-state index in [4.69, 9.17) is 4.52 Å². The Hall–Kier alpha value is -1.92. The summed E-state index contributed by atoms with van der Waals surface area (Å²) in [5, 5.41) is 10.2. The number of hydrogen-bond acceptors (Lipinski definition) is 5. The van der Waals surface area contributed by atoms with Crippen molar-refractivity contribution in [2.45, 2.75) is 32.6 Å². The minimum Gasteiger partial charge on any atom is -0.339 e. The van der Waals surface area contributed by atoms with Crippen LogP contribution in [0, 0.1) is 12.8 Å². The van der Waals surface area contributed by atoms with Gasteiger partial charge < -0.3 is 15.2 Å². The number of carbonyl (C=O) groups excluding carboxylic acids is 1. The van der Waals surface area contributed by atoms with Crippen molar-refractivity contribution in [3.63, 3.8) is 0 Å². The molecule has 0 aliphatic carbocycles. The van der Waals surface area contributed by atoms with Gasteiger partial charge in [0.1, 0.15) is 0 Å². The summed E-state index contributed by atoms with van der Waals surface area (Å²) < 4.78 is 4.99. The number of nitrogens with one attached hydrogen (secondary N) is 2. The third-order valence-electron chi connectivity index (χ3n) is 4.17. The molecule has 1 aromatic carbocycles. The van der Waals surface area contributed by atoms with E-state index in [2.05, 4.69) is 20.8 Å². The first kappa shape index (κ1) is 18.4. The number of carbonyl (C=O) groups is 1. The second-order valence-corrected chi connectivity index (χ2v) is 6.00. The van der Waals surface area contributed by atoms with Crippen LogP contribution in [0.2, 0.25) is 0 Å². The predicted octanol–water partition coefficient (Wildman–Crippen LogP) is 3.19. The Morgan fingerprint density at radius 2 is 2.17 bits per heavy atom. The maximum absolute atomic E-state index is 12.1. The van der Waals surface area contributed by atoms with Crippen LogP contribution in [0.1, 0.15) is 31.6 Å². The molecule has 130 valence electrons. The second kappa shape index (κ2) is 8.80. The molecule has 6 nitrogen and oxygen atoms in total. The molecule has 0 saturated carbocycles. The number of benzene rings is 1. The van der Waals surface area contributed by atoms with Gasteiger partial charge in [0.25, 0.3) is 0 Å². The number of amides is 1. The minimum atomic E-state index is 0. The van der Waals surface area contributed by atoms with Crippen LogP contribution in [0.5, 0.6) is 0 Å². The molecule has 1 amide bonds. The van der Waals surface area contributed by atoms with Crippen molar-refractivity contribution in [2.24, 2.45) is 5.92 Å². The monoisotopic (exact) mass is 350 g/mol. The molecule has 24 heavy (non-hydrogen) atoms. The molecule has 0 radical (unpaired) electrons. The van der Waals surface area contributed by atoms with Crippen molar-refractivity contribution in [1.29, 1.82) is 0 Å². The van der Waals surface area contributed by atoms with Gasteiger partial charge in [0.05, 0.1) is 0 Å². The number of anilines is 1. The quantitative estimate of drug-likeness (QED) is 0.865. The molecular weight excluding hydrogens is 328 g/mol. The average molecular weight is 351 g/mol.